The number of urea groups is 1. The first-order valence-corrected chi connectivity index (χ1v) is 9.18. The summed E-state index contributed by atoms with van der Waals surface area (Å²) in [6.07, 6.45) is 0. The average molecular weight is 375 g/mol. The number of carbonyl (C=O) groups is 2. The van der Waals surface area contributed by atoms with E-state index >= 15 is 0 Å². The second-order valence-electron chi connectivity index (χ2n) is 7.12. The summed E-state index contributed by atoms with van der Waals surface area (Å²) < 4.78 is 4.68. The van der Waals surface area contributed by atoms with Crippen LogP contribution in [-0.2, 0) is 11.3 Å². The van der Waals surface area contributed by atoms with Gasteiger partial charge in [0.25, 0.3) is 0 Å². The van der Waals surface area contributed by atoms with Crippen LogP contribution < -0.4 is 5.32 Å². The predicted octanol–water partition coefficient (Wildman–Crippen LogP) is 4.38. The predicted molar refractivity (Wildman–Crippen MR) is 104 cm³/mol. The molecule has 2 aromatic rings. The van der Waals surface area contributed by atoms with E-state index in [1.807, 2.05) is 52.8 Å². The van der Waals surface area contributed by atoms with Crippen molar-refractivity contribution < 1.29 is 14.3 Å². The van der Waals surface area contributed by atoms with Gasteiger partial charge in [0.2, 0.25) is 0 Å². The first-order chi connectivity index (χ1) is 12.1. The molecule has 140 valence electrons. The normalized spacial score (nSPS) is 11.2. The molecule has 1 aromatic heterocycles. The van der Waals surface area contributed by atoms with Gasteiger partial charge < -0.3 is 15.0 Å². The molecular formula is C19H25N3O3S. The molecular weight excluding hydrogens is 350 g/mol. The van der Waals surface area contributed by atoms with E-state index in [1.165, 1.54) is 18.4 Å². The van der Waals surface area contributed by atoms with Crippen molar-refractivity contribution in [2.24, 2.45) is 0 Å². The Hall–Kier alpha value is -2.41. The van der Waals surface area contributed by atoms with Gasteiger partial charge in [0, 0.05) is 16.6 Å². The highest BCUT2D eigenvalue weighted by atomic mass is 32.1. The molecule has 6 nitrogen and oxygen atoms in total. The Labute approximate surface area is 158 Å². The third kappa shape index (κ3) is 4.82. The van der Waals surface area contributed by atoms with Gasteiger partial charge >= 0.3 is 12.0 Å². The van der Waals surface area contributed by atoms with E-state index in [0.717, 1.165) is 16.8 Å². The highest BCUT2D eigenvalue weighted by molar-refractivity contribution is 7.09. The topological polar surface area (TPSA) is 71.5 Å². The van der Waals surface area contributed by atoms with Crippen molar-refractivity contribution >= 4 is 29.0 Å². The van der Waals surface area contributed by atoms with Gasteiger partial charge in [-0.25, -0.2) is 14.6 Å². The summed E-state index contributed by atoms with van der Waals surface area (Å²) in [6, 6.07) is 5.69. The molecule has 2 rings (SSSR count). The Morgan fingerprint density at radius 1 is 1.27 bits per heavy atom. The zero-order chi connectivity index (χ0) is 19.5. The van der Waals surface area contributed by atoms with Crippen LogP contribution in [0.4, 0.5) is 10.5 Å². The minimum absolute atomic E-state index is 0.209. The quantitative estimate of drug-likeness (QED) is 0.805. The first kappa shape index (κ1) is 19.9. The highest BCUT2D eigenvalue weighted by Gasteiger charge is 2.28. The number of hydrogen-bond acceptors (Lipinski definition) is 5. The number of esters is 1. The number of anilines is 1. The summed E-state index contributed by atoms with van der Waals surface area (Å²) in [5.41, 5.74) is 2.78. The monoisotopic (exact) mass is 375 g/mol. The highest BCUT2D eigenvalue weighted by Crippen LogP contribution is 2.23. The van der Waals surface area contributed by atoms with Crippen LogP contribution >= 0.6 is 11.3 Å². The fourth-order valence-corrected chi connectivity index (χ4v) is 3.22. The fourth-order valence-electron chi connectivity index (χ4n) is 2.47. The van der Waals surface area contributed by atoms with Crippen molar-refractivity contribution in [3.05, 3.63) is 45.4 Å². The van der Waals surface area contributed by atoms with Crippen LogP contribution in [0.1, 0.15) is 47.4 Å². The Bertz CT molecular complexity index is 809. The molecule has 26 heavy (non-hydrogen) atoms. The molecule has 0 fully saturated rings. The summed E-state index contributed by atoms with van der Waals surface area (Å²) in [4.78, 5) is 30.5. The second kappa shape index (κ2) is 7.86. The number of hydrogen-bond donors (Lipinski definition) is 1. The van der Waals surface area contributed by atoms with Gasteiger partial charge in [0.1, 0.15) is 5.01 Å². The van der Waals surface area contributed by atoms with Gasteiger partial charge in [-0.05, 0) is 46.2 Å². The van der Waals surface area contributed by atoms with Crippen molar-refractivity contribution in [2.75, 3.05) is 12.4 Å². The van der Waals surface area contributed by atoms with E-state index in [1.54, 1.807) is 10.3 Å². The zero-order valence-electron chi connectivity index (χ0n) is 16.0. The SMILES string of the molecule is COC(=O)c1csc(CN(C(=O)Nc2ccc(C)cc2C)C(C)(C)C)n1. The molecule has 0 aliphatic rings. The number of amides is 2. The smallest absolute Gasteiger partial charge is 0.357 e. The third-order valence-corrected chi connectivity index (χ3v) is 4.75. The molecule has 0 saturated heterocycles. The lowest BCUT2D eigenvalue weighted by Gasteiger charge is -2.35. The summed E-state index contributed by atoms with van der Waals surface area (Å²) >= 11 is 1.33. The number of thiazole rings is 1. The van der Waals surface area contributed by atoms with Crippen LogP contribution in [0, 0.1) is 13.8 Å². The maximum Gasteiger partial charge on any atom is 0.357 e. The number of nitrogens with zero attached hydrogens (tertiary/aromatic N) is 2. The maximum atomic E-state index is 12.9. The molecule has 7 heteroatoms. The van der Waals surface area contributed by atoms with Gasteiger partial charge in [-0.2, -0.15) is 0 Å². The van der Waals surface area contributed by atoms with Gasteiger partial charge in [-0.1, -0.05) is 17.7 Å². The Morgan fingerprint density at radius 2 is 1.96 bits per heavy atom. The molecule has 0 atom stereocenters. The van der Waals surface area contributed by atoms with E-state index in [9.17, 15) is 9.59 Å². The number of ether oxygens (including phenoxy) is 1. The van der Waals surface area contributed by atoms with Gasteiger partial charge in [0.05, 0.1) is 13.7 Å². The third-order valence-electron chi connectivity index (χ3n) is 3.92. The van der Waals surface area contributed by atoms with Gasteiger partial charge in [-0.3, -0.25) is 0 Å². The van der Waals surface area contributed by atoms with Crippen LogP contribution in [0.25, 0.3) is 0 Å². The zero-order valence-corrected chi connectivity index (χ0v) is 16.9. The summed E-state index contributed by atoms with van der Waals surface area (Å²) in [7, 11) is 1.32. The number of aromatic nitrogens is 1. The van der Waals surface area contributed by atoms with Crippen molar-refractivity contribution in [2.45, 2.75) is 46.7 Å². The molecule has 0 aliphatic heterocycles. The average Bonchev–Trinajstić information content (AvgIpc) is 3.02. The van der Waals surface area contributed by atoms with Crippen molar-refractivity contribution in [3.8, 4) is 0 Å². The van der Waals surface area contributed by atoms with E-state index in [4.69, 9.17) is 0 Å². The molecule has 0 spiro atoms. The summed E-state index contributed by atoms with van der Waals surface area (Å²) in [6.45, 7) is 10.2. The van der Waals surface area contributed by atoms with Crippen LogP contribution in [0.15, 0.2) is 23.6 Å². The van der Waals surface area contributed by atoms with E-state index in [0.29, 0.717) is 11.6 Å². The molecule has 1 N–H and O–H groups in total. The number of aryl methyl sites for hydroxylation is 2. The second-order valence-corrected chi connectivity index (χ2v) is 8.07. The fraction of sp³-hybridized carbons (Fsp3) is 0.421. The van der Waals surface area contributed by atoms with Gasteiger partial charge in [-0.15, -0.1) is 11.3 Å². The minimum Gasteiger partial charge on any atom is -0.464 e. The van der Waals surface area contributed by atoms with E-state index < -0.39 is 11.5 Å². The standard InChI is InChI=1S/C19H25N3O3S/c1-12-7-8-14(13(2)9-12)21-18(24)22(19(3,4)5)10-16-20-15(11-26-16)17(23)25-6/h7-9,11H,10H2,1-6H3,(H,21,24). The van der Waals surface area contributed by atoms with Crippen molar-refractivity contribution in [3.63, 3.8) is 0 Å². The van der Waals surface area contributed by atoms with Crippen LogP contribution in [0.3, 0.4) is 0 Å². The van der Waals surface area contributed by atoms with Crippen molar-refractivity contribution in [1.82, 2.24) is 9.88 Å². The Balaban J connectivity index is 2.20. The summed E-state index contributed by atoms with van der Waals surface area (Å²) in [5.74, 6) is -0.477. The Kier molecular flexibility index (Phi) is 6.02. The number of benzene rings is 1. The molecule has 0 aliphatic carbocycles. The lowest BCUT2D eigenvalue weighted by atomic mass is 10.1. The minimum atomic E-state index is -0.477. The molecule has 0 radical (unpaired) electrons. The molecule has 2 amide bonds. The molecule has 0 saturated carbocycles. The van der Waals surface area contributed by atoms with Crippen LogP contribution in [0.5, 0.6) is 0 Å². The van der Waals surface area contributed by atoms with Crippen LogP contribution in [0.2, 0.25) is 0 Å². The number of methoxy groups -OCH3 is 1. The molecule has 1 aromatic carbocycles. The summed E-state index contributed by atoms with van der Waals surface area (Å²) in [5, 5.41) is 5.30. The molecule has 1 heterocycles. The first-order valence-electron chi connectivity index (χ1n) is 8.30. The lowest BCUT2D eigenvalue weighted by molar-refractivity contribution is 0.0594. The van der Waals surface area contributed by atoms with E-state index in [-0.39, 0.29) is 11.7 Å². The van der Waals surface area contributed by atoms with Crippen molar-refractivity contribution in [1.29, 1.82) is 0 Å². The maximum absolute atomic E-state index is 12.9. The van der Waals surface area contributed by atoms with E-state index in [2.05, 4.69) is 15.0 Å². The number of carbonyl (C=O) groups excluding carboxylic acids is 2. The Morgan fingerprint density at radius 3 is 2.54 bits per heavy atom. The lowest BCUT2D eigenvalue weighted by Crippen LogP contribution is -2.47. The largest absolute Gasteiger partial charge is 0.464 e. The molecule has 0 bridgehead atoms. The van der Waals surface area contributed by atoms with Gasteiger partial charge in [0.15, 0.2) is 5.69 Å². The van der Waals surface area contributed by atoms with Crippen LogP contribution in [-0.4, -0.2) is 34.5 Å². The molecule has 0 unspecified atom stereocenters. The number of rotatable bonds is 4. The number of nitrogens with one attached hydrogen (secondary N) is 1.